The van der Waals surface area contributed by atoms with E-state index in [1.54, 1.807) is 0 Å². The molecule has 0 saturated carbocycles. The van der Waals surface area contributed by atoms with Gasteiger partial charge in [-0.15, -0.1) is 0 Å². The fraction of sp³-hybridized carbons (Fsp3) is 0.909. The first-order valence-corrected chi connectivity index (χ1v) is 10.9. The van der Waals surface area contributed by atoms with Crippen LogP contribution >= 0.6 is 0 Å². The maximum atomic E-state index is 2.60. The van der Waals surface area contributed by atoms with Crippen LogP contribution in [0.1, 0.15) is 105 Å². The summed E-state index contributed by atoms with van der Waals surface area (Å²) in [7, 11) is 0. The Labute approximate surface area is 152 Å². The van der Waals surface area contributed by atoms with E-state index < -0.39 is 0 Å². The molecule has 0 aromatic rings. The lowest BCUT2D eigenvalue weighted by Crippen LogP contribution is -2.43. The lowest BCUT2D eigenvalue weighted by atomic mass is 10.1. The first-order valence-electron chi connectivity index (χ1n) is 10.9. The number of nitrogens with zero attached hydrogens (tertiary/aromatic N) is 2. The van der Waals surface area contributed by atoms with Crippen LogP contribution in [-0.4, -0.2) is 29.1 Å². The summed E-state index contributed by atoms with van der Waals surface area (Å²) >= 11 is 0. The average Bonchev–Trinajstić information content (AvgIpc) is 2.96. The summed E-state index contributed by atoms with van der Waals surface area (Å²) in [5.74, 6) is 0.695. The Kier molecular flexibility index (Phi) is 12.1. The van der Waals surface area contributed by atoms with Gasteiger partial charge in [0.05, 0.1) is 0 Å². The van der Waals surface area contributed by atoms with E-state index in [1.165, 1.54) is 90.1 Å². The fourth-order valence-electron chi connectivity index (χ4n) is 3.87. The smallest absolute Gasteiger partial charge is 0.103 e. The Bertz CT molecular complexity index is 311. The van der Waals surface area contributed by atoms with Gasteiger partial charge in [-0.25, -0.2) is 0 Å². The normalized spacial score (nSPS) is 17.5. The van der Waals surface area contributed by atoms with Crippen molar-refractivity contribution in [2.75, 3.05) is 13.1 Å². The van der Waals surface area contributed by atoms with Crippen molar-refractivity contribution in [3.05, 3.63) is 12.4 Å². The molecule has 0 spiro atoms. The molecular weight excluding hydrogens is 292 g/mol. The highest BCUT2D eigenvalue weighted by Gasteiger charge is 2.27. The lowest BCUT2D eigenvalue weighted by Gasteiger charge is -2.36. The van der Waals surface area contributed by atoms with E-state index in [9.17, 15) is 0 Å². The second-order valence-electron chi connectivity index (χ2n) is 7.97. The van der Waals surface area contributed by atoms with Gasteiger partial charge in [-0.05, 0) is 18.8 Å². The topological polar surface area (TPSA) is 6.48 Å². The molecule has 1 unspecified atom stereocenters. The molecule has 2 heteroatoms. The van der Waals surface area contributed by atoms with Crippen molar-refractivity contribution in [1.29, 1.82) is 0 Å². The van der Waals surface area contributed by atoms with Crippen LogP contribution in [0.3, 0.4) is 0 Å². The molecule has 0 aliphatic carbocycles. The second-order valence-corrected chi connectivity index (χ2v) is 7.97. The Hall–Kier alpha value is -0.660. The van der Waals surface area contributed by atoms with Gasteiger partial charge in [-0.1, -0.05) is 91.9 Å². The zero-order valence-electron chi connectivity index (χ0n) is 17.1. The van der Waals surface area contributed by atoms with Crippen molar-refractivity contribution in [3.8, 4) is 0 Å². The third-order valence-electron chi connectivity index (χ3n) is 5.27. The summed E-state index contributed by atoms with van der Waals surface area (Å²) in [5, 5.41) is 0. The number of unbranched alkanes of at least 4 members (excludes halogenated alkanes) is 10. The highest BCUT2D eigenvalue weighted by Crippen LogP contribution is 2.24. The van der Waals surface area contributed by atoms with Crippen LogP contribution in [0.2, 0.25) is 0 Å². The molecule has 0 amide bonds. The molecule has 0 aromatic heterocycles. The quantitative estimate of drug-likeness (QED) is 0.304. The molecular formula is C22H44N2. The van der Waals surface area contributed by atoms with Crippen molar-refractivity contribution in [2.45, 2.75) is 111 Å². The van der Waals surface area contributed by atoms with Crippen LogP contribution in [0.5, 0.6) is 0 Å². The molecule has 0 bridgehead atoms. The van der Waals surface area contributed by atoms with E-state index in [2.05, 4.69) is 49.9 Å². The van der Waals surface area contributed by atoms with Crippen molar-refractivity contribution in [1.82, 2.24) is 9.80 Å². The monoisotopic (exact) mass is 336 g/mol. The Morgan fingerprint density at radius 2 is 1.00 bits per heavy atom. The summed E-state index contributed by atoms with van der Waals surface area (Å²) in [6, 6.07) is 0. The molecule has 142 valence electrons. The molecule has 1 aliphatic rings. The first kappa shape index (κ1) is 21.4. The van der Waals surface area contributed by atoms with Gasteiger partial charge >= 0.3 is 0 Å². The lowest BCUT2D eigenvalue weighted by molar-refractivity contribution is 0.104. The summed E-state index contributed by atoms with van der Waals surface area (Å²) in [6.07, 6.45) is 22.0. The van der Waals surface area contributed by atoms with Crippen LogP contribution in [-0.2, 0) is 0 Å². The van der Waals surface area contributed by atoms with E-state index in [0.717, 1.165) is 0 Å². The van der Waals surface area contributed by atoms with Gasteiger partial charge in [0.15, 0.2) is 0 Å². The fourth-order valence-corrected chi connectivity index (χ4v) is 3.87. The molecule has 0 N–H and O–H groups in total. The Morgan fingerprint density at radius 1 is 0.625 bits per heavy atom. The molecule has 0 aromatic carbocycles. The summed E-state index contributed by atoms with van der Waals surface area (Å²) in [6.45, 7) is 11.8. The van der Waals surface area contributed by atoms with Crippen molar-refractivity contribution >= 4 is 0 Å². The van der Waals surface area contributed by atoms with E-state index in [4.69, 9.17) is 0 Å². The highest BCUT2D eigenvalue weighted by atomic mass is 15.4. The zero-order chi connectivity index (χ0) is 17.6. The van der Waals surface area contributed by atoms with Crippen molar-refractivity contribution in [3.63, 3.8) is 0 Å². The van der Waals surface area contributed by atoms with E-state index in [1.807, 2.05) is 0 Å². The summed E-state index contributed by atoms with van der Waals surface area (Å²) < 4.78 is 0. The zero-order valence-corrected chi connectivity index (χ0v) is 17.1. The first-order chi connectivity index (χ1) is 11.7. The molecule has 1 atom stereocenters. The van der Waals surface area contributed by atoms with E-state index in [0.29, 0.717) is 12.1 Å². The van der Waals surface area contributed by atoms with Gasteiger partial charge < -0.3 is 9.80 Å². The summed E-state index contributed by atoms with van der Waals surface area (Å²) in [4.78, 5) is 5.17. The van der Waals surface area contributed by atoms with Crippen molar-refractivity contribution in [2.24, 2.45) is 5.92 Å². The SMILES string of the molecule is CCCCCCCCCCCN1C=CN(CCCCC)C1C(C)C. The minimum Gasteiger partial charge on any atom is -0.356 e. The van der Waals surface area contributed by atoms with Crippen LogP contribution in [0, 0.1) is 5.92 Å². The molecule has 1 rings (SSSR count). The summed E-state index contributed by atoms with van der Waals surface area (Å²) in [5.41, 5.74) is 0. The maximum absolute atomic E-state index is 2.60. The second kappa shape index (κ2) is 13.6. The van der Waals surface area contributed by atoms with Gasteiger partial charge in [-0.2, -0.15) is 0 Å². The largest absolute Gasteiger partial charge is 0.356 e. The van der Waals surface area contributed by atoms with Gasteiger partial charge in [0, 0.05) is 25.5 Å². The number of hydrogen-bond donors (Lipinski definition) is 0. The molecule has 0 radical (unpaired) electrons. The van der Waals surface area contributed by atoms with Gasteiger partial charge in [0.2, 0.25) is 0 Å². The molecule has 1 heterocycles. The van der Waals surface area contributed by atoms with Gasteiger partial charge in [0.1, 0.15) is 6.17 Å². The Balaban J connectivity index is 2.14. The molecule has 0 fully saturated rings. The van der Waals surface area contributed by atoms with E-state index >= 15 is 0 Å². The molecule has 2 nitrogen and oxygen atoms in total. The molecule has 0 saturated heterocycles. The number of rotatable bonds is 15. The minimum absolute atomic E-state index is 0.593. The van der Waals surface area contributed by atoms with Gasteiger partial charge in [-0.3, -0.25) is 0 Å². The molecule has 24 heavy (non-hydrogen) atoms. The third-order valence-corrected chi connectivity index (χ3v) is 5.27. The predicted octanol–water partition coefficient (Wildman–Crippen LogP) is 6.78. The highest BCUT2D eigenvalue weighted by molar-refractivity contribution is 4.98. The number of hydrogen-bond acceptors (Lipinski definition) is 2. The maximum Gasteiger partial charge on any atom is 0.103 e. The van der Waals surface area contributed by atoms with Crippen LogP contribution in [0.25, 0.3) is 0 Å². The van der Waals surface area contributed by atoms with Gasteiger partial charge in [0.25, 0.3) is 0 Å². The molecule has 1 aliphatic heterocycles. The third kappa shape index (κ3) is 8.44. The van der Waals surface area contributed by atoms with Crippen molar-refractivity contribution < 1.29 is 0 Å². The predicted molar refractivity (Wildman–Crippen MR) is 108 cm³/mol. The van der Waals surface area contributed by atoms with E-state index in [-0.39, 0.29) is 0 Å². The Morgan fingerprint density at radius 3 is 1.46 bits per heavy atom. The average molecular weight is 337 g/mol. The van der Waals surface area contributed by atoms with Crippen LogP contribution < -0.4 is 0 Å². The van der Waals surface area contributed by atoms with Crippen LogP contribution in [0.4, 0.5) is 0 Å². The minimum atomic E-state index is 0.593. The van der Waals surface area contributed by atoms with Crippen LogP contribution in [0.15, 0.2) is 12.4 Å². The standard InChI is InChI=1S/C22H44N2/c1-5-7-9-10-11-12-13-14-16-18-24-20-19-23(17-15-8-6-2)22(24)21(3)4/h19-22H,5-18H2,1-4H3.